The third-order valence-electron chi connectivity index (χ3n) is 3.78. The van der Waals surface area contributed by atoms with E-state index in [4.69, 9.17) is 0 Å². The van der Waals surface area contributed by atoms with Crippen molar-refractivity contribution in [2.75, 3.05) is 18.4 Å². The fraction of sp³-hybridized carbons (Fsp3) is 0.467. The number of Topliss-reactive ketones (excluding diaryl/α,β-unsaturated/α-hetero) is 1. The van der Waals surface area contributed by atoms with Gasteiger partial charge in [0.2, 0.25) is 5.91 Å². The number of amides is 1. The van der Waals surface area contributed by atoms with Crippen LogP contribution in [-0.2, 0) is 4.79 Å². The summed E-state index contributed by atoms with van der Waals surface area (Å²) in [4.78, 5) is 23.7. The van der Waals surface area contributed by atoms with Crippen molar-refractivity contribution in [3.05, 3.63) is 29.8 Å². The van der Waals surface area contributed by atoms with Gasteiger partial charge >= 0.3 is 0 Å². The molecule has 0 radical (unpaired) electrons. The van der Waals surface area contributed by atoms with Gasteiger partial charge in [-0.3, -0.25) is 9.59 Å². The molecule has 0 aliphatic carbocycles. The lowest BCUT2D eigenvalue weighted by Crippen LogP contribution is -2.42. The fourth-order valence-electron chi connectivity index (χ4n) is 2.30. The normalized spacial score (nSPS) is 17.8. The molecule has 0 bridgehead atoms. The molecule has 4 nitrogen and oxygen atoms in total. The van der Waals surface area contributed by atoms with Crippen LogP contribution >= 0.6 is 0 Å². The number of hydrogen-bond acceptors (Lipinski definition) is 3. The summed E-state index contributed by atoms with van der Waals surface area (Å²) in [7, 11) is 0. The molecule has 1 aliphatic heterocycles. The lowest BCUT2D eigenvalue weighted by Gasteiger charge is -2.32. The molecule has 1 fully saturated rings. The zero-order valence-electron chi connectivity index (χ0n) is 11.5. The van der Waals surface area contributed by atoms with Gasteiger partial charge in [0, 0.05) is 16.7 Å². The predicted molar refractivity (Wildman–Crippen MR) is 75.3 cm³/mol. The number of anilines is 1. The molecule has 2 N–H and O–H groups in total. The number of rotatable bonds is 3. The van der Waals surface area contributed by atoms with Crippen LogP contribution < -0.4 is 10.6 Å². The Balaban J connectivity index is 2.10. The molecule has 0 spiro atoms. The number of carbonyl (C=O) groups is 2. The van der Waals surface area contributed by atoms with E-state index in [1.165, 1.54) is 6.92 Å². The van der Waals surface area contributed by atoms with Crippen LogP contribution in [0.5, 0.6) is 0 Å². The van der Waals surface area contributed by atoms with E-state index in [2.05, 4.69) is 10.6 Å². The highest BCUT2D eigenvalue weighted by molar-refractivity contribution is 5.98. The van der Waals surface area contributed by atoms with Crippen LogP contribution in [0, 0.1) is 5.41 Å². The van der Waals surface area contributed by atoms with E-state index in [1.807, 2.05) is 13.0 Å². The first-order valence-corrected chi connectivity index (χ1v) is 6.64. The van der Waals surface area contributed by atoms with Crippen LogP contribution in [0.1, 0.15) is 37.0 Å². The molecule has 1 saturated heterocycles. The Bertz CT molecular complexity index is 491. The summed E-state index contributed by atoms with van der Waals surface area (Å²) in [6.07, 6.45) is 1.68. The lowest BCUT2D eigenvalue weighted by atomic mass is 9.80. The number of nitrogens with one attached hydrogen (secondary N) is 2. The first kappa shape index (κ1) is 13.7. The second-order valence-electron chi connectivity index (χ2n) is 5.40. The van der Waals surface area contributed by atoms with Gasteiger partial charge in [0.05, 0.1) is 0 Å². The van der Waals surface area contributed by atoms with Gasteiger partial charge < -0.3 is 10.6 Å². The smallest absolute Gasteiger partial charge is 0.230 e. The SMILES string of the molecule is CC(=O)c1cccc(NC(=O)C2(C)CCNCC2)c1. The van der Waals surface area contributed by atoms with Gasteiger partial charge in [-0.05, 0) is 45.0 Å². The fourth-order valence-corrected chi connectivity index (χ4v) is 2.30. The number of benzene rings is 1. The van der Waals surface area contributed by atoms with Crippen molar-refractivity contribution in [3.63, 3.8) is 0 Å². The first-order chi connectivity index (χ1) is 9.01. The molecule has 1 amide bonds. The second kappa shape index (κ2) is 5.53. The Morgan fingerprint density at radius 2 is 1.95 bits per heavy atom. The maximum Gasteiger partial charge on any atom is 0.230 e. The summed E-state index contributed by atoms with van der Waals surface area (Å²) in [6.45, 7) is 5.27. The van der Waals surface area contributed by atoms with E-state index in [1.54, 1.807) is 18.2 Å². The molecule has 0 atom stereocenters. The lowest BCUT2D eigenvalue weighted by molar-refractivity contribution is -0.126. The Labute approximate surface area is 113 Å². The molecule has 1 aromatic rings. The van der Waals surface area contributed by atoms with Crippen LogP contribution in [0.4, 0.5) is 5.69 Å². The van der Waals surface area contributed by atoms with Crippen molar-refractivity contribution in [1.29, 1.82) is 0 Å². The molecular formula is C15H20N2O2. The van der Waals surface area contributed by atoms with Gasteiger partial charge in [-0.15, -0.1) is 0 Å². The molecule has 1 aromatic carbocycles. The van der Waals surface area contributed by atoms with Crippen LogP contribution in [-0.4, -0.2) is 24.8 Å². The molecule has 4 heteroatoms. The third-order valence-corrected chi connectivity index (χ3v) is 3.78. The molecule has 0 aromatic heterocycles. The predicted octanol–water partition coefficient (Wildman–Crippen LogP) is 2.22. The molecule has 0 unspecified atom stereocenters. The molecule has 102 valence electrons. The summed E-state index contributed by atoms with van der Waals surface area (Å²) >= 11 is 0. The minimum absolute atomic E-state index is 0.00387. The van der Waals surface area contributed by atoms with Crippen LogP contribution in [0.2, 0.25) is 0 Å². The average Bonchev–Trinajstić information content (AvgIpc) is 2.40. The highest BCUT2D eigenvalue weighted by Crippen LogP contribution is 2.29. The third kappa shape index (κ3) is 3.20. The Morgan fingerprint density at radius 3 is 2.58 bits per heavy atom. The summed E-state index contributed by atoms with van der Waals surface area (Å²) in [5, 5.41) is 6.19. The van der Waals surface area contributed by atoms with Gasteiger partial charge in [-0.1, -0.05) is 19.1 Å². The maximum atomic E-state index is 12.3. The minimum atomic E-state index is -0.322. The van der Waals surface area contributed by atoms with Gasteiger partial charge in [0.1, 0.15) is 0 Å². The van der Waals surface area contributed by atoms with Crippen LogP contribution in [0.25, 0.3) is 0 Å². The first-order valence-electron chi connectivity index (χ1n) is 6.64. The second-order valence-corrected chi connectivity index (χ2v) is 5.40. The van der Waals surface area contributed by atoms with E-state index in [-0.39, 0.29) is 17.1 Å². The van der Waals surface area contributed by atoms with Crippen molar-refractivity contribution in [2.45, 2.75) is 26.7 Å². The summed E-state index contributed by atoms with van der Waals surface area (Å²) < 4.78 is 0. The number of piperidine rings is 1. The molecular weight excluding hydrogens is 240 g/mol. The van der Waals surface area contributed by atoms with Crippen molar-refractivity contribution in [3.8, 4) is 0 Å². The molecule has 1 aliphatic rings. The molecule has 19 heavy (non-hydrogen) atoms. The zero-order chi connectivity index (χ0) is 13.9. The Morgan fingerprint density at radius 1 is 1.26 bits per heavy atom. The standard InChI is InChI=1S/C15H20N2O2/c1-11(18)12-4-3-5-13(10-12)17-14(19)15(2)6-8-16-9-7-15/h3-5,10,16H,6-9H2,1-2H3,(H,17,19). The number of ketones is 1. The minimum Gasteiger partial charge on any atom is -0.326 e. The number of carbonyl (C=O) groups excluding carboxylic acids is 2. The van der Waals surface area contributed by atoms with E-state index < -0.39 is 0 Å². The van der Waals surface area contributed by atoms with Gasteiger partial charge in [0.25, 0.3) is 0 Å². The Hall–Kier alpha value is -1.68. The summed E-state index contributed by atoms with van der Waals surface area (Å²) in [5.74, 6) is 0.0406. The highest BCUT2D eigenvalue weighted by Gasteiger charge is 2.34. The van der Waals surface area contributed by atoms with Crippen LogP contribution in [0.3, 0.4) is 0 Å². The maximum absolute atomic E-state index is 12.3. The molecule has 0 saturated carbocycles. The summed E-state index contributed by atoms with van der Waals surface area (Å²) in [5.41, 5.74) is 0.989. The van der Waals surface area contributed by atoms with E-state index in [0.29, 0.717) is 11.3 Å². The van der Waals surface area contributed by atoms with Gasteiger partial charge in [0.15, 0.2) is 5.78 Å². The van der Waals surface area contributed by atoms with E-state index in [0.717, 1.165) is 25.9 Å². The van der Waals surface area contributed by atoms with E-state index >= 15 is 0 Å². The quantitative estimate of drug-likeness (QED) is 0.819. The van der Waals surface area contributed by atoms with Gasteiger partial charge in [-0.25, -0.2) is 0 Å². The summed E-state index contributed by atoms with van der Waals surface area (Å²) in [6, 6.07) is 7.08. The highest BCUT2D eigenvalue weighted by atomic mass is 16.2. The van der Waals surface area contributed by atoms with Crippen LogP contribution in [0.15, 0.2) is 24.3 Å². The molecule has 1 heterocycles. The molecule has 2 rings (SSSR count). The zero-order valence-corrected chi connectivity index (χ0v) is 11.5. The van der Waals surface area contributed by atoms with Crippen molar-refractivity contribution in [2.24, 2.45) is 5.41 Å². The van der Waals surface area contributed by atoms with Crippen molar-refractivity contribution < 1.29 is 9.59 Å². The van der Waals surface area contributed by atoms with Crippen molar-refractivity contribution in [1.82, 2.24) is 5.32 Å². The largest absolute Gasteiger partial charge is 0.326 e. The van der Waals surface area contributed by atoms with Gasteiger partial charge in [-0.2, -0.15) is 0 Å². The monoisotopic (exact) mass is 260 g/mol. The topological polar surface area (TPSA) is 58.2 Å². The van der Waals surface area contributed by atoms with Crippen molar-refractivity contribution >= 4 is 17.4 Å². The van der Waals surface area contributed by atoms with E-state index in [9.17, 15) is 9.59 Å². The number of hydrogen-bond donors (Lipinski definition) is 2. The average molecular weight is 260 g/mol. The Kier molecular flexibility index (Phi) is 4.00.